The van der Waals surface area contributed by atoms with E-state index in [1.54, 1.807) is 11.8 Å². The number of carbonyl (C=O) groups is 1. The van der Waals surface area contributed by atoms with Crippen LogP contribution in [0.2, 0.25) is 0 Å². The highest BCUT2D eigenvalue weighted by Gasteiger charge is 2.12. The van der Waals surface area contributed by atoms with E-state index in [0.29, 0.717) is 5.69 Å². The van der Waals surface area contributed by atoms with E-state index in [9.17, 15) is 4.79 Å². The van der Waals surface area contributed by atoms with E-state index in [1.165, 1.54) is 0 Å². The number of thioether (sulfide) groups is 1. The largest absolute Gasteiger partial charge is 0.396 e. The summed E-state index contributed by atoms with van der Waals surface area (Å²) in [5.74, 6) is 0.669. The predicted molar refractivity (Wildman–Crippen MR) is 65.7 cm³/mol. The van der Waals surface area contributed by atoms with Crippen molar-refractivity contribution >= 4 is 35.3 Å². The van der Waals surface area contributed by atoms with Crippen LogP contribution in [-0.2, 0) is 4.79 Å². The van der Waals surface area contributed by atoms with Crippen LogP contribution in [0, 0.1) is 0 Å². The molecule has 84 valence electrons. The Morgan fingerprint density at radius 3 is 3.25 bits per heavy atom. The van der Waals surface area contributed by atoms with Gasteiger partial charge in [0.15, 0.2) is 0 Å². The molecule has 0 radical (unpaired) electrons. The van der Waals surface area contributed by atoms with E-state index in [1.807, 2.05) is 24.4 Å². The molecule has 1 aliphatic rings. The fourth-order valence-corrected chi connectivity index (χ4v) is 2.25. The first kappa shape index (κ1) is 11.2. The number of aliphatic imine (C=N–C) groups is 1. The fraction of sp³-hybridized carbons (Fsp3) is 0.273. The van der Waals surface area contributed by atoms with Crippen molar-refractivity contribution in [3.8, 4) is 0 Å². The van der Waals surface area contributed by atoms with Crippen molar-refractivity contribution in [2.24, 2.45) is 4.99 Å². The lowest BCUT2D eigenvalue weighted by molar-refractivity contribution is -0.116. The SMILES string of the molecule is O=C(CCO)Nc1cccc2c1N=CCS2. The molecule has 1 amide bonds. The van der Waals surface area contributed by atoms with Gasteiger partial charge < -0.3 is 10.4 Å². The molecular weight excluding hydrogens is 224 g/mol. The molecule has 4 nitrogen and oxygen atoms in total. The maximum Gasteiger partial charge on any atom is 0.226 e. The van der Waals surface area contributed by atoms with Crippen molar-refractivity contribution in [1.29, 1.82) is 0 Å². The summed E-state index contributed by atoms with van der Waals surface area (Å²) in [5, 5.41) is 11.4. The van der Waals surface area contributed by atoms with E-state index in [0.717, 1.165) is 16.3 Å². The summed E-state index contributed by atoms with van der Waals surface area (Å²) in [4.78, 5) is 16.7. The zero-order chi connectivity index (χ0) is 11.4. The first-order chi connectivity index (χ1) is 7.81. The van der Waals surface area contributed by atoms with Crippen LogP contribution >= 0.6 is 11.8 Å². The van der Waals surface area contributed by atoms with Crippen LogP contribution in [0.1, 0.15) is 6.42 Å². The zero-order valence-electron chi connectivity index (χ0n) is 8.64. The number of nitrogens with one attached hydrogen (secondary N) is 1. The minimum Gasteiger partial charge on any atom is -0.396 e. The van der Waals surface area contributed by atoms with Crippen molar-refractivity contribution in [2.45, 2.75) is 11.3 Å². The third kappa shape index (κ3) is 2.43. The molecule has 0 bridgehead atoms. The summed E-state index contributed by atoms with van der Waals surface area (Å²) in [5.41, 5.74) is 1.52. The average molecular weight is 236 g/mol. The highest BCUT2D eigenvalue weighted by molar-refractivity contribution is 8.00. The van der Waals surface area contributed by atoms with Gasteiger partial charge in [0.05, 0.1) is 24.4 Å². The number of hydrogen-bond donors (Lipinski definition) is 2. The number of hydrogen-bond acceptors (Lipinski definition) is 4. The van der Waals surface area contributed by atoms with Crippen LogP contribution in [0.3, 0.4) is 0 Å². The molecule has 2 rings (SSSR count). The Morgan fingerprint density at radius 2 is 2.44 bits per heavy atom. The number of fused-ring (bicyclic) bond motifs is 1. The summed E-state index contributed by atoms with van der Waals surface area (Å²) in [6, 6.07) is 5.69. The maximum absolute atomic E-state index is 11.4. The third-order valence-corrected chi connectivity index (χ3v) is 3.10. The first-order valence-corrected chi connectivity index (χ1v) is 5.99. The average Bonchev–Trinajstić information content (AvgIpc) is 2.30. The van der Waals surface area contributed by atoms with Crippen LogP contribution in [0.4, 0.5) is 11.4 Å². The van der Waals surface area contributed by atoms with Crippen LogP contribution in [0.5, 0.6) is 0 Å². The molecule has 0 aromatic heterocycles. The molecule has 1 heterocycles. The molecule has 0 unspecified atom stereocenters. The maximum atomic E-state index is 11.4. The van der Waals surface area contributed by atoms with Crippen molar-refractivity contribution < 1.29 is 9.90 Å². The second kappa shape index (κ2) is 5.14. The number of nitrogens with zero attached hydrogens (tertiary/aromatic N) is 1. The number of para-hydroxylation sites is 1. The Hall–Kier alpha value is -1.33. The smallest absolute Gasteiger partial charge is 0.226 e. The van der Waals surface area contributed by atoms with Gasteiger partial charge in [-0.15, -0.1) is 11.8 Å². The third-order valence-electron chi connectivity index (χ3n) is 2.15. The van der Waals surface area contributed by atoms with Gasteiger partial charge in [-0.2, -0.15) is 0 Å². The second-order valence-corrected chi connectivity index (χ2v) is 4.36. The molecule has 0 saturated heterocycles. The van der Waals surface area contributed by atoms with Crippen molar-refractivity contribution in [2.75, 3.05) is 17.7 Å². The number of carbonyl (C=O) groups excluding carboxylic acids is 1. The van der Waals surface area contributed by atoms with E-state index in [-0.39, 0.29) is 18.9 Å². The number of aliphatic hydroxyl groups is 1. The fourth-order valence-electron chi connectivity index (χ4n) is 1.44. The normalized spacial score (nSPS) is 13.3. The Kier molecular flexibility index (Phi) is 3.58. The van der Waals surface area contributed by atoms with Crippen LogP contribution < -0.4 is 5.32 Å². The van der Waals surface area contributed by atoms with Crippen LogP contribution in [0.25, 0.3) is 0 Å². The molecule has 5 heteroatoms. The lowest BCUT2D eigenvalue weighted by Crippen LogP contribution is -2.13. The van der Waals surface area contributed by atoms with Gasteiger partial charge in [-0.05, 0) is 12.1 Å². The van der Waals surface area contributed by atoms with Gasteiger partial charge in [0, 0.05) is 16.9 Å². The Labute approximate surface area is 97.8 Å². The lowest BCUT2D eigenvalue weighted by atomic mass is 10.2. The Morgan fingerprint density at radius 1 is 1.56 bits per heavy atom. The van der Waals surface area contributed by atoms with Gasteiger partial charge in [0.2, 0.25) is 5.91 Å². The molecule has 1 aliphatic heterocycles. The minimum absolute atomic E-state index is 0.112. The Bertz CT molecular complexity index is 432. The van der Waals surface area contributed by atoms with E-state index in [4.69, 9.17) is 5.11 Å². The first-order valence-electron chi connectivity index (χ1n) is 5.00. The molecular formula is C11H12N2O2S. The van der Waals surface area contributed by atoms with Gasteiger partial charge in [-0.1, -0.05) is 6.07 Å². The summed E-state index contributed by atoms with van der Waals surface area (Å²) in [6.45, 7) is -0.140. The molecule has 1 aromatic carbocycles. The van der Waals surface area contributed by atoms with Crippen LogP contribution in [0.15, 0.2) is 28.1 Å². The summed E-state index contributed by atoms with van der Waals surface area (Å²) in [6.07, 6.45) is 1.94. The monoisotopic (exact) mass is 236 g/mol. The molecule has 0 fully saturated rings. The van der Waals surface area contributed by atoms with Crippen molar-refractivity contribution in [3.05, 3.63) is 18.2 Å². The number of anilines is 1. The summed E-state index contributed by atoms with van der Waals surface area (Å²) in [7, 11) is 0. The van der Waals surface area contributed by atoms with Gasteiger partial charge >= 0.3 is 0 Å². The van der Waals surface area contributed by atoms with Crippen molar-refractivity contribution in [3.63, 3.8) is 0 Å². The molecule has 0 spiro atoms. The lowest BCUT2D eigenvalue weighted by Gasteiger charge is -2.13. The number of aliphatic hydroxyl groups excluding tert-OH is 1. The summed E-state index contributed by atoms with van der Waals surface area (Å²) >= 11 is 1.69. The van der Waals surface area contributed by atoms with E-state index < -0.39 is 0 Å². The zero-order valence-corrected chi connectivity index (χ0v) is 9.46. The van der Waals surface area contributed by atoms with Gasteiger partial charge in [0.1, 0.15) is 0 Å². The van der Waals surface area contributed by atoms with Gasteiger partial charge in [0.25, 0.3) is 0 Å². The minimum atomic E-state index is -0.193. The molecule has 1 aromatic rings. The quantitative estimate of drug-likeness (QED) is 0.841. The number of rotatable bonds is 3. The van der Waals surface area contributed by atoms with Gasteiger partial charge in [-0.25, -0.2) is 0 Å². The Balaban J connectivity index is 2.22. The van der Waals surface area contributed by atoms with E-state index >= 15 is 0 Å². The van der Waals surface area contributed by atoms with Crippen molar-refractivity contribution in [1.82, 2.24) is 0 Å². The molecule has 16 heavy (non-hydrogen) atoms. The van der Waals surface area contributed by atoms with E-state index in [2.05, 4.69) is 10.3 Å². The molecule has 2 N–H and O–H groups in total. The van der Waals surface area contributed by atoms with Gasteiger partial charge in [-0.3, -0.25) is 9.79 Å². The molecule has 0 atom stereocenters. The standard InChI is InChI=1S/C11H12N2O2S/c14-6-4-10(15)13-8-2-1-3-9-11(8)12-5-7-16-9/h1-3,5,14H,4,6-7H2,(H,13,15). The second-order valence-electron chi connectivity index (χ2n) is 3.30. The summed E-state index contributed by atoms with van der Waals surface area (Å²) < 4.78 is 0. The number of benzene rings is 1. The van der Waals surface area contributed by atoms with Crippen LogP contribution in [-0.4, -0.2) is 29.6 Å². The number of amides is 1. The molecule has 0 saturated carbocycles. The molecule has 0 aliphatic carbocycles. The topological polar surface area (TPSA) is 61.7 Å². The predicted octanol–water partition coefficient (Wildman–Crippen LogP) is 1.82. The highest BCUT2D eigenvalue weighted by atomic mass is 32.2. The highest BCUT2D eigenvalue weighted by Crippen LogP contribution is 2.38.